The average molecular weight is 271 g/mol. The first-order valence-corrected chi connectivity index (χ1v) is 5.68. The Balaban J connectivity index is 2.52. The molecule has 6 nitrogen and oxygen atoms in total. The minimum atomic E-state index is -1.12. The maximum absolute atomic E-state index is 14.2. The van der Waals surface area contributed by atoms with Crippen LogP contribution in [0.4, 0.5) is 4.39 Å². The summed E-state index contributed by atoms with van der Waals surface area (Å²) in [6.45, 7) is 0.584. The maximum Gasteiger partial charge on any atom is 0.305 e. The van der Waals surface area contributed by atoms with E-state index in [2.05, 4.69) is 0 Å². The van der Waals surface area contributed by atoms with Crippen LogP contribution in [-0.4, -0.2) is 31.4 Å². The molecule has 0 amide bonds. The predicted octanol–water partition coefficient (Wildman–Crippen LogP) is 1.08. The molecule has 0 saturated heterocycles. The number of nitrogens with two attached hydrogens (primary N) is 1. The SMILES string of the molecule is COc1cc2c(c(C(N)CC(=O)O)c1F)OCCO2. The van der Waals surface area contributed by atoms with Gasteiger partial charge in [-0.2, -0.15) is 0 Å². The zero-order valence-corrected chi connectivity index (χ0v) is 10.3. The highest BCUT2D eigenvalue weighted by atomic mass is 19.1. The van der Waals surface area contributed by atoms with E-state index in [9.17, 15) is 9.18 Å². The van der Waals surface area contributed by atoms with E-state index < -0.39 is 24.2 Å². The minimum absolute atomic E-state index is 0.0311. The first-order valence-electron chi connectivity index (χ1n) is 5.68. The number of hydrogen-bond donors (Lipinski definition) is 2. The molecule has 104 valence electrons. The van der Waals surface area contributed by atoms with Gasteiger partial charge in [-0.25, -0.2) is 4.39 Å². The van der Waals surface area contributed by atoms with Gasteiger partial charge in [0.1, 0.15) is 13.2 Å². The summed E-state index contributed by atoms with van der Waals surface area (Å²) in [5, 5.41) is 8.76. The van der Waals surface area contributed by atoms with Gasteiger partial charge in [-0.15, -0.1) is 0 Å². The second-order valence-corrected chi connectivity index (χ2v) is 4.04. The fourth-order valence-electron chi connectivity index (χ4n) is 1.93. The van der Waals surface area contributed by atoms with Crippen molar-refractivity contribution in [1.82, 2.24) is 0 Å². The summed E-state index contributed by atoms with van der Waals surface area (Å²) < 4.78 is 29.8. The number of ether oxygens (including phenoxy) is 3. The van der Waals surface area contributed by atoms with Gasteiger partial charge in [-0.3, -0.25) is 4.79 Å². The third-order valence-corrected chi connectivity index (χ3v) is 2.76. The van der Waals surface area contributed by atoms with Crippen molar-refractivity contribution in [2.45, 2.75) is 12.5 Å². The molecule has 1 unspecified atom stereocenters. The molecule has 1 atom stereocenters. The highest BCUT2D eigenvalue weighted by molar-refractivity contribution is 5.69. The van der Waals surface area contributed by atoms with E-state index >= 15 is 0 Å². The zero-order valence-electron chi connectivity index (χ0n) is 10.3. The summed E-state index contributed by atoms with van der Waals surface area (Å²) in [4.78, 5) is 10.7. The van der Waals surface area contributed by atoms with Crippen LogP contribution in [0.15, 0.2) is 6.07 Å². The Morgan fingerprint density at radius 1 is 1.58 bits per heavy atom. The van der Waals surface area contributed by atoms with Crippen molar-refractivity contribution in [1.29, 1.82) is 0 Å². The zero-order chi connectivity index (χ0) is 14.0. The monoisotopic (exact) mass is 271 g/mol. The smallest absolute Gasteiger partial charge is 0.305 e. The molecule has 1 aromatic rings. The largest absolute Gasteiger partial charge is 0.494 e. The number of carboxylic acids is 1. The molecule has 0 radical (unpaired) electrons. The molecule has 0 aromatic heterocycles. The van der Waals surface area contributed by atoms with Crippen LogP contribution >= 0.6 is 0 Å². The van der Waals surface area contributed by atoms with Crippen LogP contribution in [0.25, 0.3) is 0 Å². The first-order chi connectivity index (χ1) is 9.04. The second-order valence-electron chi connectivity index (χ2n) is 4.04. The molecule has 19 heavy (non-hydrogen) atoms. The molecule has 0 bridgehead atoms. The molecule has 3 N–H and O–H groups in total. The summed E-state index contributed by atoms with van der Waals surface area (Å²) >= 11 is 0. The molecular formula is C12H14FNO5. The van der Waals surface area contributed by atoms with Gasteiger partial charge in [-0.1, -0.05) is 0 Å². The van der Waals surface area contributed by atoms with Crippen LogP contribution < -0.4 is 19.9 Å². The Hall–Kier alpha value is -2.02. The van der Waals surface area contributed by atoms with Gasteiger partial charge in [0.25, 0.3) is 0 Å². The predicted molar refractivity (Wildman–Crippen MR) is 63.1 cm³/mol. The quantitative estimate of drug-likeness (QED) is 0.851. The first kappa shape index (κ1) is 13.4. The Kier molecular flexibility index (Phi) is 3.75. The van der Waals surface area contributed by atoms with E-state index in [1.165, 1.54) is 13.2 Å². The lowest BCUT2D eigenvalue weighted by atomic mass is 10.0. The van der Waals surface area contributed by atoms with Crippen molar-refractivity contribution in [3.8, 4) is 17.2 Å². The number of carbonyl (C=O) groups is 1. The molecule has 0 saturated carbocycles. The van der Waals surface area contributed by atoms with Crippen LogP contribution in [0.5, 0.6) is 17.2 Å². The van der Waals surface area contributed by atoms with E-state index in [4.69, 9.17) is 25.1 Å². The van der Waals surface area contributed by atoms with E-state index in [-0.39, 0.29) is 23.7 Å². The molecule has 2 rings (SSSR count). The van der Waals surface area contributed by atoms with Crippen LogP contribution in [0, 0.1) is 5.82 Å². The van der Waals surface area contributed by atoms with Gasteiger partial charge >= 0.3 is 5.97 Å². The third kappa shape index (κ3) is 2.55. The molecule has 7 heteroatoms. The highest BCUT2D eigenvalue weighted by Gasteiger charge is 2.28. The molecule has 1 heterocycles. The number of fused-ring (bicyclic) bond motifs is 1. The van der Waals surface area contributed by atoms with Crippen molar-refractivity contribution in [3.63, 3.8) is 0 Å². The van der Waals surface area contributed by atoms with Gasteiger partial charge in [0.2, 0.25) is 0 Å². The highest BCUT2D eigenvalue weighted by Crippen LogP contribution is 2.43. The fourth-order valence-corrected chi connectivity index (χ4v) is 1.93. The number of carboxylic acid groups (broad SMARTS) is 1. The molecule has 0 fully saturated rings. The van der Waals surface area contributed by atoms with Gasteiger partial charge in [0.15, 0.2) is 23.1 Å². The number of benzene rings is 1. The molecular weight excluding hydrogens is 257 g/mol. The molecule has 1 aromatic carbocycles. The van der Waals surface area contributed by atoms with Crippen LogP contribution in [0.3, 0.4) is 0 Å². The Morgan fingerprint density at radius 3 is 2.89 bits per heavy atom. The van der Waals surface area contributed by atoms with Crippen LogP contribution in [0.2, 0.25) is 0 Å². The van der Waals surface area contributed by atoms with Crippen LogP contribution in [-0.2, 0) is 4.79 Å². The standard InChI is InChI=1S/C12H14FNO5/c1-17-7-5-8-12(19-3-2-18-8)10(11(7)13)6(14)4-9(15)16/h5-6H,2-4,14H2,1H3,(H,15,16). The number of rotatable bonds is 4. The number of halogens is 1. The minimum Gasteiger partial charge on any atom is -0.494 e. The van der Waals surface area contributed by atoms with Crippen LogP contribution in [0.1, 0.15) is 18.0 Å². The summed E-state index contributed by atoms with van der Waals surface area (Å²) in [7, 11) is 1.31. The Morgan fingerprint density at radius 2 is 2.26 bits per heavy atom. The van der Waals surface area contributed by atoms with E-state index in [0.29, 0.717) is 12.4 Å². The summed E-state index contributed by atoms with van der Waals surface area (Å²) in [6, 6.07) is 0.323. The van der Waals surface area contributed by atoms with Crippen molar-refractivity contribution in [2.24, 2.45) is 5.73 Å². The summed E-state index contributed by atoms with van der Waals surface area (Å²) in [5.74, 6) is -1.44. The number of methoxy groups -OCH3 is 1. The number of hydrogen-bond acceptors (Lipinski definition) is 5. The topological polar surface area (TPSA) is 91.0 Å². The van der Waals surface area contributed by atoms with Crippen molar-refractivity contribution >= 4 is 5.97 Å². The molecule has 0 spiro atoms. The lowest BCUT2D eigenvalue weighted by molar-refractivity contribution is -0.137. The van der Waals surface area contributed by atoms with E-state index in [1.54, 1.807) is 0 Å². The normalized spacial score (nSPS) is 14.9. The summed E-state index contributed by atoms with van der Waals surface area (Å²) in [5.41, 5.74) is 5.70. The molecule has 1 aliphatic rings. The maximum atomic E-state index is 14.2. The van der Waals surface area contributed by atoms with Crippen molar-refractivity contribution in [3.05, 3.63) is 17.4 Å². The van der Waals surface area contributed by atoms with Gasteiger partial charge in [0.05, 0.1) is 19.1 Å². The average Bonchev–Trinajstić information content (AvgIpc) is 2.36. The molecule has 0 aliphatic carbocycles. The van der Waals surface area contributed by atoms with Gasteiger partial charge < -0.3 is 25.1 Å². The Labute approximate surface area is 108 Å². The lowest BCUT2D eigenvalue weighted by Crippen LogP contribution is -2.22. The van der Waals surface area contributed by atoms with Gasteiger partial charge in [-0.05, 0) is 0 Å². The summed E-state index contributed by atoms with van der Waals surface area (Å²) in [6.07, 6.45) is -0.417. The van der Waals surface area contributed by atoms with Crippen molar-refractivity contribution in [2.75, 3.05) is 20.3 Å². The third-order valence-electron chi connectivity index (χ3n) is 2.76. The molecule has 1 aliphatic heterocycles. The Bertz CT molecular complexity index is 505. The lowest BCUT2D eigenvalue weighted by Gasteiger charge is -2.24. The number of aliphatic carboxylic acids is 1. The van der Waals surface area contributed by atoms with Crippen molar-refractivity contribution < 1.29 is 28.5 Å². The van der Waals surface area contributed by atoms with Gasteiger partial charge in [0, 0.05) is 12.1 Å². The fraction of sp³-hybridized carbons (Fsp3) is 0.417. The van der Waals surface area contributed by atoms with E-state index in [1.807, 2.05) is 0 Å². The van der Waals surface area contributed by atoms with E-state index in [0.717, 1.165) is 0 Å². The second kappa shape index (κ2) is 5.31.